The van der Waals surface area contributed by atoms with Crippen LogP contribution in [0.4, 0.5) is 0 Å². The molecule has 0 saturated carbocycles. The van der Waals surface area contributed by atoms with E-state index in [2.05, 4.69) is 24.8 Å². The number of nitrogens with zero attached hydrogens (tertiary/aromatic N) is 1. The highest BCUT2D eigenvalue weighted by Crippen LogP contribution is 2.17. The molecule has 0 bridgehead atoms. The summed E-state index contributed by atoms with van der Waals surface area (Å²) in [6.45, 7) is 7.10. The molecule has 1 aromatic carbocycles. The third-order valence-corrected chi connectivity index (χ3v) is 3.25. The molecular formula is C13H18ClNO. The molecule has 0 N–H and O–H groups in total. The summed E-state index contributed by atoms with van der Waals surface area (Å²) in [4.78, 5) is 2.44. The van der Waals surface area contributed by atoms with E-state index in [1.165, 1.54) is 5.56 Å². The Bertz CT molecular complexity index is 356. The fraction of sp³-hybridized carbons (Fsp3) is 0.538. The van der Waals surface area contributed by atoms with Crippen LogP contribution in [0.1, 0.15) is 19.4 Å². The second kappa shape index (κ2) is 5.17. The van der Waals surface area contributed by atoms with Crippen molar-refractivity contribution < 1.29 is 4.74 Å². The van der Waals surface area contributed by atoms with Crippen LogP contribution in [0.3, 0.4) is 0 Å². The van der Waals surface area contributed by atoms with Gasteiger partial charge in [-0.1, -0.05) is 23.7 Å². The summed E-state index contributed by atoms with van der Waals surface area (Å²) < 4.78 is 5.61. The summed E-state index contributed by atoms with van der Waals surface area (Å²) in [7, 11) is 0. The van der Waals surface area contributed by atoms with Crippen LogP contribution in [0.5, 0.6) is 0 Å². The zero-order chi connectivity index (χ0) is 11.5. The second-order valence-corrected chi connectivity index (χ2v) is 4.99. The summed E-state index contributed by atoms with van der Waals surface area (Å²) in [6, 6.07) is 8.56. The predicted molar refractivity (Wildman–Crippen MR) is 66.7 cm³/mol. The van der Waals surface area contributed by atoms with Gasteiger partial charge in [-0.15, -0.1) is 0 Å². The smallest absolute Gasteiger partial charge is 0.0674 e. The van der Waals surface area contributed by atoms with E-state index in [0.717, 1.165) is 24.7 Å². The minimum Gasteiger partial charge on any atom is -0.376 e. The van der Waals surface area contributed by atoms with Crippen molar-refractivity contribution >= 4 is 11.6 Å². The first-order valence-electron chi connectivity index (χ1n) is 5.75. The fourth-order valence-corrected chi connectivity index (χ4v) is 2.27. The van der Waals surface area contributed by atoms with Crippen molar-refractivity contribution in [3.8, 4) is 0 Å². The van der Waals surface area contributed by atoms with Gasteiger partial charge in [0.15, 0.2) is 0 Å². The summed E-state index contributed by atoms with van der Waals surface area (Å²) in [5.41, 5.74) is 1.27. The van der Waals surface area contributed by atoms with Crippen LogP contribution in [0.25, 0.3) is 0 Å². The number of benzene rings is 1. The molecule has 0 radical (unpaired) electrons. The van der Waals surface area contributed by atoms with E-state index in [1.54, 1.807) is 0 Å². The molecule has 16 heavy (non-hydrogen) atoms. The zero-order valence-electron chi connectivity index (χ0n) is 9.82. The lowest BCUT2D eigenvalue weighted by Crippen LogP contribution is -2.46. The first kappa shape index (κ1) is 11.9. The maximum Gasteiger partial charge on any atom is 0.0674 e. The molecule has 0 amide bonds. The fourth-order valence-electron chi connectivity index (χ4n) is 2.06. The minimum absolute atomic E-state index is 0.329. The van der Waals surface area contributed by atoms with E-state index in [1.807, 2.05) is 18.2 Å². The maximum atomic E-state index is 5.98. The second-order valence-electron chi connectivity index (χ2n) is 4.55. The van der Waals surface area contributed by atoms with Crippen molar-refractivity contribution in [1.82, 2.24) is 4.90 Å². The van der Waals surface area contributed by atoms with Gasteiger partial charge < -0.3 is 4.74 Å². The van der Waals surface area contributed by atoms with Gasteiger partial charge in [-0.05, 0) is 31.5 Å². The summed E-state index contributed by atoms with van der Waals surface area (Å²) in [5, 5.41) is 0.812. The van der Waals surface area contributed by atoms with Crippen molar-refractivity contribution in [3.05, 3.63) is 34.9 Å². The Balaban J connectivity index is 2.02. The molecule has 1 aliphatic heterocycles. The van der Waals surface area contributed by atoms with Crippen LogP contribution >= 0.6 is 11.6 Å². The molecule has 0 aliphatic carbocycles. The predicted octanol–water partition coefficient (Wildman–Crippen LogP) is 2.95. The Morgan fingerprint density at radius 2 is 2.25 bits per heavy atom. The highest BCUT2D eigenvalue weighted by atomic mass is 35.5. The molecule has 1 fully saturated rings. The molecule has 2 atom stereocenters. The molecule has 1 aromatic rings. The first-order chi connectivity index (χ1) is 7.65. The van der Waals surface area contributed by atoms with E-state index in [9.17, 15) is 0 Å². The Morgan fingerprint density at radius 3 is 3.00 bits per heavy atom. The lowest BCUT2D eigenvalue weighted by molar-refractivity contribution is -0.0526. The Kier molecular flexibility index (Phi) is 3.85. The molecule has 0 spiro atoms. The van der Waals surface area contributed by atoms with Crippen LogP contribution < -0.4 is 0 Å². The molecule has 1 heterocycles. The van der Waals surface area contributed by atoms with E-state index in [0.29, 0.717) is 12.1 Å². The van der Waals surface area contributed by atoms with Gasteiger partial charge >= 0.3 is 0 Å². The number of hydrogen-bond donors (Lipinski definition) is 0. The van der Waals surface area contributed by atoms with E-state index < -0.39 is 0 Å². The van der Waals surface area contributed by atoms with Gasteiger partial charge in [-0.2, -0.15) is 0 Å². The summed E-state index contributed by atoms with van der Waals surface area (Å²) in [6.07, 6.45) is 0.329. The number of rotatable bonds is 2. The average Bonchev–Trinajstić information content (AvgIpc) is 2.24. The molecule has 2 rings (SSSR count). The number of halogens is 1. The monoisotopic (exact) mass is 239 g/mol. The number of morpholine rings is 1. The van der Waals surface area contributed by atoms with Crippen LogP contribution in [0.2, 0.25) is 5.02 Å². The molecular weight excluding hydrogens is 222 g/mol. The van der Waals surface area contributed by atoms with E-state index in [4.69, 9.17) is 16.3 Å². The van der Waals surface area contributed by atoms with Gasteiger partial charge in [-0.3, -0.25) is 4.90 Å². The SMILES string of the molecule is C[C@@H]1CN(Cc2cccc(Cl)c2)[C@@H](C)CO1. The first-order valence-corrected chi connectivity index (χ1v) is 6.13. The van der Waals surface area contributed by atoms with Crippen molar-refractivity contribution in [2.75, 3.05) is 13.2 Å². The lowest BCUT2D eigenvalue weighted by Gasteiger charge is -2.36. The third kappa shape index (κ3) is 2.97. The average molecular weight is 240 g/mol. The van der Waals surface area contributed by atoms with Gasteiger partial charge in [0.1, 0.15) is 0 Å². The Morgan fingerprint density at radius 1 is 1.44 bits per heavy atom. The molecule has 1 aliphatic rings. The number of ether oxygens (including phenoxy) is 1. The van der Waals surface area contributed by atoms with Crippen LogP contribution in [-0.2, 0) is 11.3 Å². The molecule has 0 unspecified atom stereocenters. The van der Waals surface area contributed by atoms with Gasteiger partial charge in [0.05, 0.1) is 12.7 Å². The molecule has 0 aromatic heterocycles. The van der Waals surface area contributed by atoms with Crippen molar-refractivity contribution in [2.45, 2.75) is 32.5 Å². The van der Waals surface area contributed by atoms with Gasteiger partial charge in [0.2, 0.25) is 0 Å². The van der Waals surface area contributed by atoms with Crippen LogP contribution in [0.15, 0.2) is 24.3 Å². The number of hydrogen-bond acceptors (Lipinski definition) is 2. The molecule has 88 valence electrons. The lowest BCUT2D eigenvalue weighted by atomic mass is 10.1. The maximum absolute atomic E-state index is 5.98. The molecule has 3 heteroatoms. The summed E-state index contributed by atoms with van der Waals surface area (Å²) >= 11 is 5.98. The van der Waals surface area contributed by atoms with Crippen LogP contribution in [-0.4, -0.2) is 30.2 Å². The third-order valence-electron chi connectivity index (χ3n) is 3.01. The van der Waals surface area contributed by atoms with Crippen molar-refractivity contribution in [2.24, 2.45) is 0 Å². The van der Waals surface area contributed by atoms with E-state index in [-0.39, 0.29) is 0 Å². The van der Waals surface area contributed by atoms with E-state index >= 15 is 0 Å². The highest BCUT2D eigenvalue weighted by Gasteiger charge is 2.23. The van der Waals surface area contributed by atoms with Crippen molar-refractivity contribution in [1.29, 1.82) is 0 Å². The van der Waals surface area contributed by atoms with Gasteiger partial charge in [0, 0.05) is 24.2 Å². The zero-order valence-corrected chi connectivity index (χ0v) is 10.6. The van der Waals surface area contributed by atoms with Gasteiger partial charge in [-0.25, -0.2) is 0 Å². The van der Waals surface area contributed by atoms with Gasteiger partial charge in [0.25, 0.3) is 0 Å². The largest absolute Gasteiger partial charge is 0.376 e. The minimum atomic E-state index is 0.329. The topological polar surface area (TPSA) is 12.5 Å². The Hall–Kier alpha value is -0.570. The standard InChI is InChI=1S/C13H18ClNO/c1-10-9-16-11(2)7-15(10)8-12-4-3-5-13(14)6-12/h3-6,10-11H,7-9H2,1-2H3/t10-,11+/m0/s1. The molecule has 1 saturated heterocycles. The van der Waals surface area contributed by atoms with Crippen molar-refractivity contribution in [3.63, 3.8) is 0 Å². The van der Waals surface area contributed by atoms with Crippen LogP contribution in [0, 0.1) is 0 Å². The highest BCUT2D eigenvalue weighted by molar-refractivity contribution is 6.30. The quantitative estimate of drug-likeness (QED) is 0.787. The normalized spacial score (nSPS) is 26.9. The molecule has 2 nitrogen and oxygen atoms in total. The summed E-state index contributed by atoms with van der Waals surface area (Å²) in [5.74, 6) is 0. The Labute approximate surface area is 102 Å².